The first-order valence-electron chi connectivity index (χ1n) is 5.88. The monoisotopic (exact) mass is 272 g/mol. The van der Waals surface area contributed by atoms with E-state index in [0.29, 0.717) is 0 Å². The van der Waals surface area contributed by atoms with Crippen molar-refractivity contribution in [3.8, 4) is 11.3 Å². The summed E-state index contributed by atoms with van der Waals surface area (Å²) in [5, 5.41) is 11.0. The Morgan fingerprint density at radius 2 is 2.11 bits per heavy atom. The van der Waals surface area contributed by atoms with E-state index in [0.717, 1.165) is 21.9 Å². The lowest BCUT2D eigenvalue weighted by molar-refractivity contribution is -0.136. The van der Waals surface area contributed by atoms with Crippen molar-refractivity contribution in [2.45, 2.75) is 13.3 Å². The Balaban J connectivity index is 2.18. The van der Waals surface area contributed by atoms with E-state index >= 15 is 0 Å². The number of imidazole rings is 1. The lowest BCUT2D eigenvalue weighted by Gasteiger charge is -2.02. The fourth-order valence-corrected chi connectivity index (χ4v) is 2.82. The van der Waals surface area contributed by atoms with Crippen LogP contribution in [-0.2, 0) is 11.2 Å². The average Bonchev–Trinajstić information content (AvgIpc) is 2.93. The van der Waals surface area contributed by atoms with E-state index in [-0.39, 0.29) is 6.42 Å². The first kappa shape index (κ1) is 11.9. The van der Waals surface area contributed by atoms with Crippen LogP contribution in [0, 0.1) is 6.92 Å². The molecule has 0 fully saturated rings. The highest BCUT2D eigenvalue weighted by Gasteiger charge is 2.17. The van der Waals surface area contributed by atoms with Crippen molar-refractivity contribution >= 4 is 22.3 Å². The van der Waals surface area contributed by atoms with E-state index in [1.165, 1.54) is 16.9 Å². The molecule has 0 radical (unpaired) electrons. The van der Waals surface area contributed by atoms with E-state index < -0.39 is 5.97 Å². The summed E-state index contributed by atoms with van der Waals surface area (Å²) in [4.78, 5) is 16.4. The fourth-order valence-electron chi connectivity index (χ4n) is 2.09. The largest absolute Gasteiger partial charge is 0.481 e. The summed E-state index contributed by atoms with van der Waals surface area (Å²) in [6.07, 6.45) is 1.84. The Hall–Kier alpha value is -2.14. The van der Waals surface area contributed by atoms with Gasteiger partial charge in [-0.3, -0.25) is 9.20 Å². The summed E-state index contributed by atoms with van der Waals surface area (Å²) in [6.45, 7) is 2.02. The van der Waals surface area contributed by atoms with Crippen LogP contribution in [-0.4, -0.2) is 20.5 Å². The maximum atomic E-state index is 11.0. The van der Waals surface area contributed by atoms with Crippen LogP contribution in [0.5, 0.6) is 0 Å². The molecule has 1 N–H and O–H groups in total. The van der Waals surface area contributed by atoms with Gasteiger partial charge in [-0.05, 0) is 6.92 Å². The van der Waals surface area contributed by atoms with Gasteiger partial charge >= 0.3 is 5.97 Å². The van der Waals surface area contributed by atoms with Crippen LogP contribution in [0.3, 0.4) is 0 Å². The highest BCUT2D eigenvalue weighted by molar-refractivity contribution is 7.15. The smallest absolute Gasteiger partial charge is 0.309 e. The molecule has 0 aliphatic carbocycles. The number of carbonyl (C=O) groups is 1. The summed E-state index contributed by atoms with van der Waals surface area (Å²) < 4.78 is 1.86. The van der Waals surface area contributed by atoms with Gasteiger partial charge in [-0.15, -0.1) is 11.3 Å². The molecule has 2 heterocycles. The Bertz CT molecular complexity index is 740. The molecule has 1 aromatic carbocycles. The maximum Gasteiger partial charge on any atom is 0.309 e. The third kappa shape index (κ3) is 2.13. The number of carboxylic acids is 1. The third-order valence-electron chi connectivity index (χ3n) is 3.00. The molecule has 0 saturated carbocycles. The number of hydrogen-bond acceptors (Lipinski definition) is 3. The minimum absolute atomic E-state index is 0.0267. The number of thiazole rings is 1. The van der Waals surface area contributed by atoms with Crippen molar-refractivity contribution in [2.24, 2.45) is 0 Å². The number of aryl methyl sites for hydroxylation is 1. The number of benzene rings is 1. The summed E-state index contributed by atoms with van der Waals surface area (Å²) in [6, 6.07) is 7.97. The quantitative estimate of drug-likeness (QED) is 0.797. The van der Waals surface area contributed by atoms with Crippen LogP contribution in [0.4, 0.5) is 0 Å². The summed E-state index contributed by atoms with van der Waals surface area (Å²) in [5.74, 6) is -0.846. The molecular formula is C14H12N2O2S. The SMILES string of the molecule is Cc1ccc(-c2nc3sccn3c2CC(=O)O)cc1. The summed E-state index contributed by atoms with van der Waals surface area (Å²) in [7, 11) is 0. The molecule has 0 unspecified atom stereocenters. The van der Waals surface area contributed by atoms with Crippen molar-refractivity contribution in [1.82, 2.24) is 9.38 Å². The molecule has 5 heteroatoms. The van der Waals surface area contributed by atoms with Crippen molar-refractivity contribution in [3.05, 3.63) is 47.1 Å². The van der Waals surface area contributed by atoms with Gasteiger partial charge in [0.25, 0.3) is 0 Å². The molecule has 0 spiro atoms. The van der Waals surface area contributed by atoms with E-state index in [4.69, 9.17) is 5.11 Å². The molecule has 0 amide bonds. The Morgan fingerprint density at radius 3 is 2.79 bits per heavy atom. The minimum Gasteiger partial charge on any atom is -0.481 e. The molecule has 3 rings (SSSR count). The molecule has 0 bridgehead atoms. The van der Waals surface area contributed by atoms with Gasteiger partial charge < -0.3 is 5.11 Å². The Kier molecular flexibility index (Phi) is 2.83. The first-order chi connectivity index (χ1) is 9.15. The van der Waals surface area contributed by atoms with Gasteiger partial charge in [0, 0.05) is 17.1 Å². The van der Waals surface area contributed by atoms with Gasteiger partial charge in [0.1, 0.15) is 0 Å². The average molecular weight is 272 g/mol. The predicted molar refractivity (Wildman–Crippen MR) is 74.6 cm³/mol. The third-order valence-corrected chi connectivity index (χ3v) is 3.76. The van der Waals surface area contributed by atoms with E-state index in [2.05, 4.69) is 4.98 Å². The standard InChI is InChI=1S/C14H12N2O2S/c1-9-2-4-10(5-3-9)13-11(8-12(17)18)16-6-7-19-14(16)15-13/h2-7H,8H2,1H3,(H,17,18). The normalized spacial score (nSPS) is 11.0. The van der Waals surface area contributed by atoms with Gasteiger partial charge in [-0.1, -0.05) is 29.8 Å². The highest BCUT2D eigenvalue weighted by atomic mass is 32.1. The molecule has 0 atom stereocenters. The molecule has 4 nitrogen and oxygen atoms in total. The predicted octanol–water partition coefficient (Wildman–Crippen LogP) is 3.00. The number of aliphatic carboxylic acids is 1. The lowest BCUT2D eigenvalue weighted by Crippen LogP contribution is -2.04. The zero-order valence-electron chi connectivity index (χ0n) is 10.3. The fraction of sp³-hybridized carbons (Fsp3) is 0.143. The van der Waals surface area contributed by atoms with Gasteiger partial charge in [-0.2, -0.15) is 0 Å². The Labute approximate surface area is 114 Å². The van der Waals surface area contributed by atoms with Gasteiger partial charge in [0.2, 0.25) is 0 Å². The van der Waals surface area contributed by atoms with Gasteiger partial charge in [-0.25, -0.2) is 4.98 Å². The van der Waals surface area contributed by atoms with E-state index in [1.54, 1.807) is 0 Å². The number of carboxylic acid groups (broad SMARTS) is 1. The van der Waals surface area contributed by atoms with Crippen molar-refractivity contribution in [3.63, 3.8) is 0 Å². The topological polar surface area (TPSA) is 54.6 Å². The molecule has 0 saturated heterocycles. The highest BCUT2D eigenvalue weighted by Crippen LogP contribution is 2.27. The molecule has 0 aliphatic rings. The summed E-state index contributed by atoms with van der Waals surface area (Å²) >= 11 is 1.51. The second-order valence-corrected chi connectivity index (χ2v) is 5.27. The second kappa shape index (κ2) is 4.51. The van der Waals surface area contributed by atoms with Crippen LogP contribution in [0.2, 0.25) is 0 Å². The zero-order chi connectivity index (χ0) is 13.4. The number of aromatic nitrogens is 2. The molecular weight excluding hydrogens is 260 g/mol. The van der Waals surface area contributed by atoms with Gasteiger partial charge in [0.05, 0.1) is 17.8 Å². The van der Waals surface area contributed by atoms with E-state index in [1.807, 2.05) is 47.2 Å². The molecule has 0 aliphatic heterocycles. The van der Waals surface area contributed by atoms with E-state index in [9.17, 15) is 4.79 Å². The second-order valence-electron chi connectivity index (χ2n) is 4.40. The molecule has 3 aromatic rings. The van der Waals surface area contributed by atoms with Crippen LogP contribution < -0.4 is 0 Å². The maximum absolute atomic E-state index is 11.0. The van der Waals surface area contributed by atoms with Crippen LogP contribution in [0.1, 0.15) is 11.3 Å². The minimum atomic E-state index is -0.846. The first-order valence-corrected chi connectivity index (χ1v) is 6.76. The van der Waals surface area contributed by atoms with Gasteiger partial charge in [0.15, 0.2) is 4.96 Å². The number of hydrogen-bond donors (Lipinski definition) is 1. The Morgan fingerprint density at radius 1 is 1.37 bits per heavy atom. The number of rotatable bonds is 3. The summed E-state index contributed by atoms with van der Waals surface area (Å²) in [5.41, 5.74) is 3.61. The van der Waals surface area contributed by atoms with Crippen molar-refractivity contribution in [1.29, 1.82) is 0 Å². The number of nitrogens with zero attached hydrogens (tertiary/aromatic N) is 2. The van der Waals surface area contributed by atoms with Crippen LogP contribution in [0.25, 0.3) is 16.2 Å². The van der Waals surface area contributed by atoms with Crippen LogP contribution >= 0.6 is 11.3 Å². The van der Waals surface area contributed by atoms with Crippen molar-refractivity contribution < 1.29 is 9.90 Å². The van der Waals surface area contributed by atoms with Crippen LogP contribution in [0.15, 0.2) is 35.8 Å². The zero-order valence-corrected chi connectivity index (χ0v) is 11.1. The molecule has 19 heavy (non-hydrogen) atoms. The van der Waals surface area contributed by atoms with Crippen molar-refractivity contribution in [2.75, 3.05) is 0 Å². The lowest BCUT2D eigenvalue weighted by atomic mass is 10.1. The number of fused-ring (bicyclic) bond motifs is 1. The molecule has 96 valence electrons. The molecule has 2 aromatic heterocycles.